The Kier molecular flexibility index (Phi) is 5.01. The second-order valence-corrected chi connectivity index (χ2v) is 5.17. The molecule has 2 aromatic heterocycles. The van der Waals surface area contributed by atoms with E-state index < -0.39 is 5.97 Å². The maximum atomic E-state index is 11.3. The van der Waals surface area contributed by atoms with Crippen LogP contribution in [0.5, 0.6) is 0 Å². The Balaban J connectivity index is 2.12. The molecule has 8 heteroatoms. The van der Waals surface area contributed by atoms with Crippen LogP contribution in [-0.2, 0) is 16.9 Å². The third-order valence-corrected chi connectivity index (χ3v) is 3.70. The molecule has 0 aliphatic heterocycles. The summed E-state index contributed by atoms with van der Waals surface area (Å²) in [4.78, 5) is 19.7. The maximum absolute atomic E-state index is 11.3. The molecule has 2 aromatic rings. The molecule has 2 N–H and O–H groups in total. The van der Waals surface area contributed by atoms with Gasteiger partial charge in [0.2, 0.25) is 5.76 Å². The lowest BCUT2D eigenvalue weighted by molar-refractivity contribution is 0.0563. The fraction of sp³-hybridized carbons (Fsp3) is 0.286. The van der Waals surface area contributed by atoms with Crippen LogP contribution in [0.15, 0.2) is 21.7 Å². The Bertz CT molecular complexity index is 736. The molecule has 0 bridgehead atoms. The first-order valence-electron chi connectivity index (χ1n) is 6.45. The maximum Gasteiger partial charge on any atom is 0.373 e. The summed E-state index contributed by atoms with van der Waals surface area (Å²) in [7, 11) is 1.29. The van der Waals surface area contributed by atoms with Crippen LogP contribution in [0.1, 0.15) is 34.5 Å². The van der Waals surface area contributed by atoms with Gasteiger partial charge >= 0.3 is 5.97 Å². The predicted molar refractivity (Wildman–Crippen MR) is 80.1 cm³/mol. The van der Waals surface area contributed by atoms with Crippen molar-refractivity contribution < 1.29 is 13.9 Å². The van der Waals surface area contributed by atoms with Crippen LogP contribution < -0.4 is 5.73 Å². The number of methoxy groups -OCH3 is 1. The van der Waals surface area contributed by atoms with Crippen molar-refractivity contribution in [3.63, 3.8) is 0 Å². The number of thioether (sulfide) groups is 1. The highest BCUT2D eigenvalue weighted by atomic mass is 32.2. The van der Waals surface area contributed by atoms with Gasteiger partial charge in [-0.3, -0.25) is 0 Å². The van der Waals surface area contributed by atoms with Gasteiger partial charge < -0.3 is 14.9 Å². The lowest BCUT2D eigenvalue weighted by Gasteiger charge is -2.05. The number of aryl methyl sites for hydroxylation is 1. The van der Waals surface area contributed by atoms with E-state index in [4.69, 9.17) is 15.4 Å². The van der Waals surface area contributed by atoms with Crippen LogP contribution in [-0.4, -0.2) is 23.0 Å². The van der Waals surface area contributed by atoms with E-state index >= 15 is 0 Å². The molecule has 114 valence electrons. The van der Waals surface area contributed by atoms with Crippen molar-refractivity contribution in [2.45, 2.75) is 24.3 Å². The van der Waals surface area contributed by atoms with E-state index in [0.717, 1.165) is 0 Å². The predicted octanol–water partition coefficient (Wildman–Crippen LogP) is 2.16. The van der Waals surface area contributed by atoms with Crippen LogP contribution in [0, 0.1) is 11.3 Å². The molecule has 2 rings (SSSR count). The summed E-state index contributed by atoms with van der Waals surface area (Å²) in [5, 5.41) is 9.49. The van der Waals surface area contributed by atoms with Gasteiger partial charge in [0.15, 0.2) is 5.16 Å². The van der Waals surface area contributed by atoms with Crippen LogP contribution >= 0.6 is 11.8 Å². The molecule has 0 aliphatic carbocycles. The molecular weight excluding hydrogens is 304 g/mol. The Hall–Kier alpha value is -2.53. The van der Waals surface area contributed by atoms with E-state index in [1.54, 1.807) is 12.1 Å². The number of anilines is 1. The third-order valence-electron chi connectivity index (χ3n) is 2.83. The quantitative estimate of drug-likeness (QED) is 0.506. The summed E-state index contributed by atoms with van der Waals surface area (Å²) < 4.78 is 9.93. The Morgan fingerprint density at radius 2 is 2.27 bits per heavy atom. The summed E-state index contributed by atoms with van der Waals surface area (Å²) in [6.45, 7) is 1.90. The van der Waals surface area contributed by atoms with Crippen LogP contribution in [0.25, 0.3) is 0 Å². The van der Waals surface area contributed by atoms with Gasteiger partial charge in [0.25, 0.3) is 0 Å². The van der Waals surface area contributed by atoms with E-state index in [9.17, 15) is 4.79 Å². The molecule has 0 saturated heterocycles. The Morgan fingerprint density at radius 3 is 2.91 bits per heavy atom. The molecule has 2 heterocycles. The number of aromatic nitrogens is 2. The highest BCUT2D eigenvalue weighted by Gasteiger charge is 2.14. The number of hydrogen-bond donors (Lipinski definition) is 1. The zero-order chi connectivity index (χ0) is 16.1. The lowest BCUT2D eigenvalue weighted by atomic mass is 10.2. The monoisotopic (exact) mass is 318 g/mol. The summed E-state index contributed by atoms with van der Waals surface area (Å²) >= 11 is 1.31. The minimum absolute atomic E-state index is 0.146. The summed E-state index contributed by atoms with van der Waals surface area (Å²) in [5.41, 5.74) is 6.70. The van der Waals surface area contributed by atoms with Crippen molar-refractivity contribution in [2.24, 2.45) is 0 Å². The van der Waals surface area contributed by atoms with Gasteiger partial charge in [0.05, 0.1) is 18.6 Å². The van der Waals surface area contributed by atoms with Gasteiger partial charge in [0.1, 0.15) is 23.2 Å². The molecule has 0 spiro atoms. The SMILES string of the molecule is CCc1nc(SCc2ccc(C(=O)OC)o2)nc(N)c1C#N. The highest BCUT2D eigenvalue weighted by molar-refractivity contribution is 7.98. The van der Waals surface area contributed by atoms with Crippen molar-refractivity contribution in [1.82, 2.24) is 9.97 Å². The number of ether oxygens (including phenoxy) is 1. The number of hydrogen-bond acceptors (Lipinski definition) is 8. The van der Waals surface area contributed by atoms with E-state index in [-0.39, 0.29) is 11.6 Å². The van der Waals surface area contributed by atoms with Crippen molar-refractivity contribution in [2.75, 3.05) is 12.8 Å². The molecule has 0 unspecified atom stereocenters. The van der Waals surface area contributed by atoms with Gasteiger partial charge in [-0.15, -0.1) is 0 Å². The number of carbonyl (C=O) groups is 1. The number of nitrogens with two attached hydrogens (primary N) is 1. The summed E-state index contributed by atoms with van der Waals surface area (Å²) in [6, 6.07) is 5.25. The van der Waals surface area contributed by atoms with Crippen molar-refractivity contribution >= 4 is 23.5 Å². The summed E-state index contributed by atoms with van der Waals surface area (Å²) in [5.74, 6) is 0.823. The second kappa shape index (κ2) is 6.95. The van der Waals surface area contributed by atoms with Gasteiger partial charge in [-0.1, -0.05) is 18.7 Å². The number of carbonyl (C=O) groups excluding carboxylic acids is 1. The standard InChI is InChI=1S/C14H14N4O3S/c1-3-10-9(6-15)12(16)18-14(17-10)22-7-8-4-5-11(21-8)13(19)20-2/h4-5H,3,7H2,1-2H3,(H2,16,17,18). The van der Waals surface area contributed by atoms with Crippen molar-refractivity contribution in [3.05, 3.63) is 34.9 Å². The van der Waals surface area contributed by atoms with E-state index in [0.29, 0.717) is 34.3 Å². The second-order valence-electron chi connectivity index (χ2n) is 4.22. The first kappa shape index (κ1) is 15.9. The molecule has 0 fully saturated rings. The van der Waals surface area contributed by atoms with Crippen LogP contribution in [0.4, 0.5) is 5.82 Å². The Labute approximate surface area is 131 Å². The number of esters is 1. The van der Waals surface area contributed by atoms with Crippen molar-refractivity contribution in [3.8, 4) is 6.07 Å². The topological polar surface area (TPSA) is 115 Å². The minimum Gasteiger partial charge on any atom is -0.463 e. The molecule has 0 saturated carbocycles. The molecule has 0 amide bonds. The number of nitrogen functional groups attached to an aromatic ring is 1. The fourth-order valence-electron chi connectivity index (χ4n) is 1.75. The molecular formula is C14H14N4O3S. The Morgan fingerprint density at radius 1 is 1.50 bits per heavy atom. The number of nitriles is 1. The van der Waals surface area contributed by atoms with Gasteiger partial charge in [-0.2, -0.15) is 5.26 Å². The number of rotatable bonds is 5. The average molecular weight is 318 g/mol. The van der Waals surface area contributed by atoms with Crippen LogP contribution in [0.3, 0.4) is 0 Å². The highest BCUT2D eigenvalue weighted by Crippen LogP contribution is 2.24. The third kappa shape index (κ3) is 3.38. The van der Waals surface area contributed by atoms with E-state index in [1.165, 1.54) is 18.9 Å². The minimum atomic E-state index is -0.525. The lowest BCUT2D eigenvalue weighted by Crippen LogP contribution is -2.04. The first-order chi connectivity index (χ1) is 10.6. The van der Waals surface area contributed by atoms with Gasteiger partial charge in [-0.25, -0.2) is 14.8 Å². The first-order valence-corrected chi connectivity index (χ1v) is 7.43. The molecule has 22 heavy (non-hydrogen) atoms. The molecule has 7 nitrogen and oxygen atoms in total. The van der Waals surface area contributed by atoms with E-state index in [2.05, 4.69) is 14.7 Å². The molecule has 0 aliphatic rings. The molecule has 0 atom stereocenters. The smallest absolute Gasteiger partial charge is 0.373 e. The fourth-order valence-corrected chi connectivity index (χ4v) is 2.51. The number of nitrogens with zero attached hydrogens (tertiary/aromatic N) is 3. The summed E-state index contributed by atoms with van der Waals surface area (Å²) in [6.07, 6.45) is 0.594. The molecule has 0 aromatic carbocycles. The average Bonchev–Trinajstić information content (AvgIpc) is 3.00. The zero-order valence-corrected chi connectivity index (χ0v) is 12.9. The zero-order valence-electron chi connectivity index (χ0n) is 12.1. The van der Waals surface area contributed by atoms with Gasteiger partial charge in [0, 0.05) is 0 Å². The van der Waals surface area contributed by atoms with Crippen LogP contribution in [0.2, 0.25) is 0 Å². The van der Waals surface area contributed by atoms with E-state index in [1.807, 2.05) is 13.0 Å². The van der Waals surface area contributed by atoms with Gasteiger partial charge in [-0.05, 0) is 18.6 Å². The largest absolute Gasteiger partial charge is 0.463 e. The van der Waals surface area contributed by atoms with Crippen molar-refractivity contribution in [1.29, 1.82) is 5.26 Å². The molecule has 0 radical (unpaired) electrons. The number of furan rings is 1. The normalized spacial score (nSPS) is 10.2.